The quantitative estimate of drug-likeness (QED) is 0.745. The first-order chi connectivity index (χ1) is 8.04. The number of benzene rings is 1. The van der Waals surface area contributed by atoms with Crippen molar-refractivity contribution in [3.05, 3.63) is 34.4 Å². The molecule has 1 fully saturated rings. The maximum atomic E-state index is 9.15. The second-order valence-corrected chi connectivity index (χ2v) is 5.67. The fourth-order valence-electron chi connectivity index (χ4n) is 2.75. The van der Waals surface area contributed by atoms with E-state index in [1.54, 1.807) is 0 Å². The van der Waals surface area contributed by atoms with Gasteiger partial charge in [-0.1, -0.05) is 20.8 Å². The van der Waals surface area contributed by atoms with Crippen LogP contribution in [0.5, 0.6) is 0 Å². The molecule has 17 heavy (non-hydrogen) atoms. The van der Waals surface area contributed by atoms with Crippen LogP contribution in [-0.4, -0.2) is 0 Å². The van der Waals surface area contributed by atoms with Gasteiger partial charge in [-0.25, -0.2) is 0 Å². The van der Waals surface area contributed by atoms with E-state index in [2.05, 4.69) is 45.9 Å². The fourth-order valence-corrected chi connectivity index (χ4v) is 2.75. The highest BCUT2D eigenvalue weighted by molar-refractivity contribution is 5.46. The standard InChI is InChI=1S/C16H21N/c1-10(2)15-7-13(9-17)8-16(12(15)4)11(3)14-5-6-14/h7-8,10-11,14H,5-6H2,1-4H3. The molecular weight excluding hydrogens is 206 g/mol. The van der Waals surface area contributed by atoms with E-state index in [4.69, 9.17) is 5.26 Å². The molecule has 0 spiro atoms. The van der Waals surface area contributed by atoms with Gasteiger partial charge in [0.2, 0.25) is 0 Å². The highest BCUT2D eigenvalue weighted by Crippen LogP contribution is 2.44. The van der Waals surface area contributed by atoms with Crippen LogP contribution in [0.1, 0.15) is 67.7 Å². The number of nitrogens with zero attached hydrogens (tertiary/aromatic N) is 1. The average molecular weight is 227 g/mol. The SMILES string of the molecule is Cc1c(C(C)C)cc(C#N)cc1C(C)C1CC1. The lowest BCUT2D eigenvalue weighted by molar-refractivity contribution is 0.656. The van der Waals surface area contributed by atoms with Gasteiger partial charge in [0.25, 0.3) is 0 Å². The van der Waals surface area contributed by atoms with Crippen LogP contribution < -0.4 is 0 Å². The van der Waals surface area contributed by atoms with Crippen LogP contribution >= 0.6 is 0 Å². The second kappa shape index (κ2) is 4.53. The van der Waals surface area contributed by atoms with Gasteiger partial charge in [0.1, 0.15) is 0 Å². The third-order valence-electron chi connectivity index (χ3n) is 4.06. The van der Waals surface area contributed by atoms with Gasteiger partial charge in [-0.3, -0.25) is 0 Å². The zero-order valence-corrected chi connectivity index (χ0v) is 11.2. The Morgan fingerprint density at radius 1 is 1.18 bits per heavy atom. The summed E-state index contributed by atoms with van der Waals surface area (Å²) in [6.07, 6.45) is 2.71. The van der Waals surface area contributed by atoms with Gasteiger partial charge in [-0.2, -0.15) is 5.26 Å². The lowest BCUT2D eigenvalue weighted by atomic mass is 9.85. The van der Waals surface area contributed by atoms with Crippen molar-refractivity contribution in [3.63, 3.8) is 0 Å². The minimum absolute atomic E-state index is 0.494. The summed E-state index contributed by atoms with van der Waals surface area (Å²) in [4.78, 5) is 0. The summed E-state index contributed by atoms with van der Waals surface area (Å²) in [5.74, 6) is 1.96. The van der Waals surface area contributed by atoms with Gasteiger partial charge in [0.15, 0.2) is 0 Å². The second-order valence-electron chi connectivity index (χ2n) is 5.67. The molecule has 1 atom stereocenters. The molecule has 0 aliphatic heterocycles. The molecule has 2 rings (SSSR count). The number of hydrogen-bond acceptors (Lipinski definition) is 1. The molecule has 0 N–H and O–H groups in total. The molecule has 1 unspecified atom stereocenters. The first-order valence-electron chi connectivity index (χ1n) is 6.59. The minimum atomic E-state index is 0.494. The minimum Gasteiger partial charge on any atom is -0.192 e. The molecule has 1 aromatic rings. The van der Waals surface area contributed by atoms with E-state index in [0.717, 1.165) is 11.5 Å². The zero-order valence-electron chi connectivity index (χ0n) is 11.2. The van der Waals surface area contributed by atoms with Crippen LogP contribution in [0.4, 0.5) is 0 Å². The Bertz CT molecular complexity index is 461. The fraction of sp³-hybridized carbons (Fsp3) is 0.562. The first kappa shape index (κ1) is 12.2. The summed E-state index contributed by atoms with van der Waals surface area (Å²) in [6, 6.07) is 6.46. The molecule has 0 aromatic heterocycles. The molecule has 0 saturated heterocycles. The molecule has 1 aliphatic carbocycles. The van der Waals surface area contributed by atoms with E-state index in [1.165, 1.54) is 29.5 Å². The van der Waals surface area contributed by atoms with E-state index < -0.39 is 0 Å². The van der Waals surface area contributed by atoms with E-state index in [9.17, 15) is 0 Å². The van der Waals surface area contributed by atoms with Crippen molar-refractivity contribution in [2.24, 2.45) is 5.92 Å². The smallest absolute Gasteiger partial charge is 0.0991 e. The first-order valence-corrected chi connectivity index (χ1v) is 6.59. The molecule has 0 radical (unpaired) electrons. The topological polar surface area (TPSA) is 23.8 Å². The van der Waals surface area contributed by atoms with Crippen molar-refractivity contribution < 1.29 is 0 Å². The monoisotopic (exact) mass is 227 g/mol. The Morgan fingerprint density at radius 2 is 1.76 bits per heavy atom. The van der Waals surface area contributed by atoms with Gasteiger partial charge in [0, 0.05) is 0 Å². The Hall–Kier alpha value is -1.29. The van der Waals surface area contributed by atoms with Crippen molar-refractivity contribution in [1.29, 1.82) is 5.26 Å². The molecule has 0 bridgehead atoms. The summed E-state index contributed by atoms with van der Waals surface area (Å²) in [5, 5.41) is 9.15. The number of rotatable bonds is 3. The number of nitriles is 1. The molecule has 90 valence electrons. The van der Waals surface area contributed by atoms with Crippen molar-refractivity contribution in [2.45, 2.75) is 52.4 Å². The third kappa shape index (κ3) is 2.36. The summed E-state index contributed by atoms with van der Waals surface area (Å²) in [7, 11) is 0. The lowest BCUT2D eigenvalue weighted by Gasteiger charge is -2.19. The van der Waals surface area contributed by atoms with E-state index in [1.807, 2.05) is 0 Å². The van der Waals surface area contributed by atoms with Crippen LogP contribution in [0, 0.1) is 24.2 Å². The molecule has 1 saturated carbocycles. The van der Waals surface area contributed by atoms with Gasteiger partial charge < -0.3 is 0 Å². The van der Waals surface area contributed by atoms with Gasteiger partial charge >= 0.3 is 0 Å². The average Bonchev–Trinajstić information content (AvgIpc) is 3.12. The maximum Gasteiger partial charge on any atom is 0.0991 e. The van der Waals surface area contributed by atoms with Crippen LogP contribution in [0.3, 0.4) is 0 Å². The van der Waals surface area contributed by atoms with Crippen LogP contribution in [0.15, 0.2) is 12.1 Å². The van der Waals surface area contributed by atoms with Crippen molar-refractivity contribution in [1.82, 2.24) is 0 Å². The summed E-state index contributed by atoms with van der Waals surface area (Å²) in [5.41, 5.74) is 4.96. The van der Waals surface area contributed by atoms with Gasteiger partial charge in [-0.05, 0) is 66.3 Å². The van der Waals surface area contributed by atoms with E-state index in [0.29, 0.717) is 11.8 Å². The molecule has 1 aliphatic rings. The zero-order chi connectivity index (χ0) is 12.6. The van der Waals surface area contributed by atoms with Crippen molar-refractivity contribution in [3.8, 4) is 6.07 Å². The van der Waals surface area contributed by atoms with Gasteiger partial charge in [0.05, 0.1) is 11.6 Å². The summed E-state index contributed by atoms with van der Waals surface area (Å²) in [6.45, 7) is 8.93. The maximum absolute atomic E-state index is 9.15. The lowest BCUT2D eigenvalue weighted by Crippen LogP contribution is -2.04. The van der Waals surface area contributed by atoms with Crippen molar-refractivity contribution in [2.75, 3.05) is 0 Å². The molecule has 1 aromatic carbocycles. The summed E-state index contributed by atoms with van der Waals surface area (Å²) >= 11 is 0. The number of hydrogen-bond donors (Lipinski definition) is 0. The molecule has 0 heterocycles. The largest absolute Gasteiger partial charge is 0.192 e. The Balaban J connectivity index is 2.49. The van der Waals surface area contributed by atoms with E-state index >= 15 is 0 Å². The third-order valence-corrected chi connectivity index (χ3v) is 4.06. The predicted octanol–water partition coefficient (Wildman–Crippen LogP) is 4.50. The summed E-state index contributed by atoms with van der Waals surface area (Å²) < 4.78 is 0. The Kier molecular flexibility index (Phi) is 3.24. The Labute approximate surface area is 104 Å². The van der Waals surface area contributed by atoms with Crippen LogP contribution in [0.25, 0.3) is 0 Å². The normalized spacial score (nSPS) is 16.9. The molecule has 1 heteroatoms. The highest BCUT2D eigenvalue weighted by atomic mass is 14.4. The van der Waals surface area contributed by atoms with Crippen LogP contribution in [0.2, 0.25) is 0 Å². The molecule has 1 nitrogen and oxygen atoms in total. The van der Waals surface area contributed by atoms with Crippen molar-refractivity contribution >= 4 is 0 Å². The van der Waals surface area contributed by atoms with E-state index in [-0.39, 0.29) is 0 Å². The highest BCUT2D eigenvalue weighted by Gasteiger charge is 2.30. The molecule has 0 amide bonds. The predicted molar refractivity (Wildman–Crippen MR) is 71.1 cm³/mol. The van der Waals surface area contributed by atoms with Crippen LogP contribution in [-0.2, 0) is 0 Å². The Morgan fingerprint density at radius 3 is 2.24 bits per heavy atom. The van der Waals surface area contributed by atoms with Gasteiger partial charge in [-0.15, -0.1) is 0 Å². The molecular formula is C16H21N.